The number of aliphatic hydroxyl groups excluding tert-OH is 1. The predicted molar refractivity (Wildman–Crippen MR) is 96.0 cm³/mol. The Morgan fingerprint density at radius 1 is 1.25 bits per heavy atom. The maximum Gasteiger partial charge on any atom is 0.191 e. The zero-order valence-corrected chi connectivity index (χ0v) is 15.4. The molecule has 5 nitrogen and oxygen atoms in total. The van der Waals surface area contributed by atoms with Crippen molar-refractivity contribution < 1.29 is 5.11 Å². The fourth-order valence-corrected chi connectivity index (χ4v) is 2.22. The Hall–Kier alpha value is -0.0800. The highest BCUT2D eigenvalue weighted by Gasteiger charge is 2.19. The van der Waals surface area contributed by atoms with Crippen LogP contribution in [0.2, 0.25) is 0 Å². The molecule has 1 rings (SSSR count). The predicted octanol–water partition coefficient (Wildman–Crippen LogP) is 1.41. The molecule has 0 unspecified atom stereocenters. The summed E-state index contributed by atoms with van der Waals surface area (Å²) in [6, 6.07) is 0.449. The van der Waals surface area contributed by atoms with Gasteiger partial charge in [0, 0.05) is 19.1 Å². The van der Waals surface area contributed by atoms with E-state index in [0.29, 0.717) is 6.04 Å². The molecule has 0 spiro atoms. The summed E-state index contributed by atoms with van der Waals surface area (Å²) in [5.74, 6) is 0.911. The quantitative estimate of drug-likeness (QED) is 0.360. The Bertz CT molecular complexity index is 268. The van der Waals surface area contributed by atoms with Crippen LogP contribution in [0.4, 0.5) is 0 Å². The number of hydrogen-bond acceptors (Lipinski definition) is 3. The number of aliphatic imine (C=N–C) groups is 1. The molecule has 0 aromatic carbocycles. The molecule has 0 saturated heterocycles. The van der Waals surface area contributed by atoms with Gasteiger partial charge in [0.2, 0.25) is 0 Å². The van der Waals surface area contributed by atoms with Gasteiger partial charge in [-0.1, -0.05) is 6.92 Å². The lowest BCUT2D eigenvalue weighted by Crippen LogP contribution is -2.45. The molecule has 0 aromatic heterocycles. The summed E-state index contributed by atoms with van der Waals surface area (Å²) in [5, 5.41) is 16.3. The number of likely N-dealkylation sites (N-methyl/N-ethyl adjacent to an activating group) is 1. The third-order valence-electron chi connectivity index (χ3n) is 3.67. The van der Waals surface area contributed by atoms with Crippen molar-refractivity contribution in [3.05, 3.63) is 0 Å². The van der Waals surface area contributed by atoms with Crippen LogP contribution in [0.25, 0.3) is 0 Å². The van der Waals surface area contributed by atoms with Gasteiger partial charge in [-0.25, -0.2) is 0 Å². The fourth-order valence-electron chi connectivity index (χ4n) is 2.22. The third kappa shape index (κ3) is 8.26. The van der Waals surface area contributed by atoms with Crippen molar-refractivity contribution in [1.29, 1.82) is 0 Å². The van der Waals surface area contributed by atoms with Crippen LogP contribution in [-0.2, 0) is 0 Å². The van der Waals surface area contributed by atoms with Crippen LogP contribution in [-0.4, -0.2) is 61.3 Å². The Morgan fingerprint density at radius 2 is 1.90 bits per heavy atom. The highest BCUT2D eigenvalue weighted by atomic mass is 127. The molecule has 0 radical (unpaired) electrons. The summed E-state index contributed by atoms with van der Waals surface area (Å²) >= 11 is 0. The standard InChI is InChI=1S/C14H30N4O.HI/c1-4-15-14(16-10-11-18(3)5-2)17-12-6-8-13(19)9-7-12;/h12-13,19H,4-11H2,1-3H3,(H2,15,16,17);1H. The van der Waals surface area contributed by atoms with Crippen LogP contribution in [0.3, 0.4) is 0 Å². The van der Waals surface area contributed by atoms with Gasteiger partial charge in [0.15, 0.2) is 5.96 Å². The van der Waals surface area contributed by atoms with Gasteiger partial charge in [0.05, 0.1) is 12.6 Å². The maximum absolute atomic E-state index is 9.51. The van der Waals surface area contributed by atoms with Crippen molar-refractivity contribution >= 4 is 29.9 Å². The van der Waals surface area contributed by atoms with Crippen LogP contribution in [0.1, 0.15) is 39.5 Å². The summed E-state index contributed by atoms with van der Waals surface area (Å²) in [6.07, 6.45) is 3.75. The molecule has 0 atom stereocenters. The van der Waals surface area contributed by atoms with E-state index in [-0.39, 0.29) is 30.1 Å². The van der Waals surface area contributed by atoms with E-state index in [1.165, 1.54) is 0 Å². The minimum atomic E-state index is -0.101. The van der Waals surface area contributed by atoms with Crippen LogP contribution < -0.4 is 10.6 Å². The lowest BCUT2D eigenvalue weighted by molar-refractivity contribution is 0.120. The Morgan fingerprint density at radius 3 is 2.45 bits per heavy atom. The summed E-state index contributed by atoms with van der Waals surface area (Å²) < 4.78 is 0. The second-order valence-corrected chi connectivity index (χ2v) is 5.31. The molecule has 0 heterocycles. The van der Waals surface area contributed by atoms with Gasteiger partial charge in [-0.2, -0.15) is 0 Å². The lowest BCUT2D eigenvalue weighted by Gasteiger charge is -2.27. The smallest absolute Gasteiger partial charge is 0.191 e. The molecule has 0 amide bonds. The number of halogens is 1. The van der Waals surface area contributed by atoms with Crippen LogP contribution in [0.5, 0.6) is 0 Å². The molecule has 120 valence electrons. The van der Waals surface area contributed by atoms with E-state index in [2.05, 4.69) is 41.4 Å². The Labute approximate surface area is 140 Å². The number of hydrogen-bond donors (Lipinski definition) is 3. The van der Waals surface area contributed by atoms with E-state index in [9.17, 15) is 5.11 Å². The molecule has 3 N–H and O–H groups in total. The average molecular weight is 398 g/mol. The van der Waals surface area contributed by atoms with Crippen molar-refractivity contribution in [2.75, 3.05) is 33.2 Å². The lowest BCUT2D eigenvalue weighted by atomic mass is 9.93. The van der Waals surface area contributed by atoms with Crippen molar-refractivity contribution in [1.82, 2.24) is 15.5 Å². The van der Waals surface area contributed by atoms with Gasteiger partial charge in [0.25, 0.3) is 0 Å². The monoisotopic (exact) mass is 398 g/mol. The summed E-state index contributed by atoms with van der Waals surface area (Å²) in [6.45, 7) is 7.97. The molecule has 1 saturated carbocycles. The Kier molecular flexibility index (Phi) is 11.5. The molecule has 0 aromatic rings. The zero-order valence-electron chi connectivity index (χ0n) is 13.1. The zero-order chi connectivity index (χ0) is 14.1. The molecule has 1 aliphatic carbocycles. The minimum absolute atomic E-state index is 0. The second kappa shape index (κ2) is 11.6. The van der Waals surface area contributed by atoms with Gasteiger partial charge in [0.1, 0.15) is 0 Å². The van der Waals surface area contributed by atoms with E-state index in [1.807, 2.05) is 0 Å². The first-order valence-corrected chi connectivity index (χ1v) is 7.57. The molecule has 0 bridgehead atoms. The summed E-state index contributed by atoms with van der Waals surface area (Å²) in [7, 11) is 2.11. The van der Waals surface area contributed by atoms with Crippen LogP contribution in [0, 0.1) is 0 Å². The van der Waals surface area contributed by atoms with Gasteiger partial charge in [-0.15, -0.1) is 24.0 Å². The van der Waals surface area contributed by atoms with E-state index in [4.69, 9.17) is 0 Å². The van der Waals surface area contributed by atoms with Crippen molar-refractivity contribution in [2.24, 2.45) is 4.99 Å². The molecule has 1 fully saturated rings. The number of nitrogens with one attached hydrogen (secondary N) is 2. The number of rotatable bonds is 6. The molecular weight excluding hydrogens is 367 g/mol. The molecule has 20 heavy (non-hydrogen) atoms. The van der Waals surface area contributed by atoms with Crippen molar-refractivity contribution in [2.45, 2.75) is 51.7 Å². The first kappa shape index (κ1) is 19.9. The van der Waals surface area contributed by atoms with Gasteiger partial charge >= 0.3 is 0 Å². The van der Waals surface area contributed by atoms with E-state index in [1.54, 1.807) is 0 Å². The molecular formula is C14H31IN4O. The highest BCUT2D eigenvalue weighted by molar-refractivity contribution is 14.0. The van der Waals surface area contributed by atoms with Gasteiger partial charge < -0.3 is 20.6 Å². The number of nitrogens with zero attached hydrogens (tertiary/aromatic N) is 2. The largest absolute Gasteiger partial charge is 0.393 e. The SMILES string of the molecule is CCNC(=NCCN(C)CC)NC1CCC(O)CC1.I. The molecule has 0 aliphatic heterocycles. The third-order valence-corrected chi connectivity index (χ3v) is 3.67. The fraction of sp³-hybridized carbons (Fsp3) is 0.929. The first-order valence-electron chi connectivity index (χ1n) is 7.57. The van der Waals surface area contributed by atoms with Gasteiger partial charge in [-0.3, -0.25) is 4.99 Å². The molecule has 1 aliphatic rings. The average Bonchev–Trinajstić information content (AvgIpc) is 2.41. The van der Waals surface area contributed by atoms with Gasteiger partial charge in [-0.05, 0) is 46.2 Å². The van der Waals surface area contributed by atoms with E-state index < -0.39 is 0 Å². The van der Waals surface area contributed by atoms with Crippen molar-refractivity contribution in [3.63, 3.8) is 0 Å². The van der Waals surface area contributed by atoms with E-state index >= 15 is 0 Å². The summed E-state index contributed by atoms with van der Waals surface area (Å²) in [4.78, 5) is 6.86. The normalized spacial score (nSPS) is 23.4. The van der Waals surface area contributed by atoms with E-state index in [0.717, 1.165) is 57.8 Å². The maximum atomic E-state index is 9.51. The van der Waals surface area contributed by atoms with Crippen molar-refractivity contribution in [3.8, 4) is 0 Å². The molecule has 6 heteroatoms. The van der Waals surface area contributed by atoms with Crippen LogP contribution in [0.15, 0.2) is 4.99 Å². The first-order chi connectivity index (χ1) is 9.15. The topological polar surface area (TPSA) is 59.9 Å². The highest BCUT2D eigenvalue weighted by Crippen LogP contribution is 2.18. The van der Waals surface area contributed by atoms with Crippen LogP contribution >= 0.6 is 24.0 Å². The number of aliphatic hydroxyl groups is 1. The second-order valence-electron chi connectivity index (χ2n) is 5.31. The Balaban J connectivity index is 0.00000361. The minimum Gasteiger partial charge on any atom is -0.393 e. The summed E-state index contributed by atoms with van der Waals surface area (Å²) in [5.41, 5.74) is 0. The number of guanidine groups is 1.